The van der Waals surface area contributed by atoms with Crippen LogP contribution in [0.15, 0.2) is 53.3 Å². The summed E-state index contributed by atoms with van der Waals surface area (Å²) in [5.41, 5.74) is 1.19. The van der Waals surface area contributed by atoms with Gasteiger partial charge in [-0.1, -0.05) is 36.4 Å². The van der Waals surface area contributed by atoms with Crippen LogP contribution in [0.3, 0.4) is 0 Å². The van der Waals surface area contributed by atoms with Gasteiger partial charge >= 0.3 is 0 Å². The zero-order valence-corrected chi connectivity index (χ0v) is 13.5. The van der Waals surface area contributed by atoms with Crippen LogP contribution in [0.5, 0.6) is 0 Å². The fourth-order valence-corrected chi connectivity index (χ4v) is 3.25. The van der Waals surface area contributed by atoms with Crippen LogP contribution in [-0.2, 0) is 6.42 Å². The predicted molar refractivity (Wildman–Crippen MR) is 91.8 cm³/mol. The molecule has 126 valence electrons. The monoisotopic (exact) mass is 326 g/mol. The van der Waals surface area contributed by atoms with E-state index < -0.39 is 0 Å². The van der Waals surface area contributed by atoms with E-state index >= 15 is 0 Å². The van der Waals surface area contributed by atoms with E-state index in [0.29, 0.717) is 25.2 Å². The zero-order chi connectivity index (χ0) is 16.9. The van der Waals surface area contributed by atoms with Crippen molar-refractivity contribution in [2.24, 2.45) is 5.92 Å². The molecule has 0 bridgehead atoms. The smallest absolute Gasteiger partial charge is 0.270 e. The van der Waals surface area contributed by atoms with Gasteiger partial charge in [0.15, 0.2) is 0 Å². The molecule has 0 radical (unpaired) electrons. The van der Waals surface area contributed by atoms with Gasteiger partial charge in [0, 0.05) is 19.2 Å². The summed E-state index contributed by atoms with van der Waals surface area (Å²) < 4.78 is 0. The summed E-state index contributed by atoms with van der Waals surface area (Å²) in [6.45, 7) is 1.21. The Kier molecular flexibility index (Phi) is 5.11. The van der Waals surface area contributed by atoms with Crippen LogP contribution in [0.25, 0.3) is 0 Å². The van der Waals surface area contributed by atoms with Gasteiger partial charge in [-0.3, -0.25) is 9.59 Å². The van der Waals surface area contributed by atoms with Crippen LogP contribution in [0.1, 0.15) is 28.9 Å². The van der Waals surface area contributed by atoms with Crippen LogP contribution >= 0.6 is 0 Å². The first-order valence-electron chi connectivity index (χ1n) is 8.34. The Labute approximate surface area is 140 Å². The third kappa shape index (κ3) is 3.92. The van der Waals surface area contributed by atoms with Gasteiger partial charge in [-0.2, -0.15) is 0 Å². The van der Waals surface area contributed by atoms with Gasteiger partial charge in [0.1, 0.15) is 5.69 Å². The Bertz CT molecular complexity index is 734. The molecular formula is C19H22N2O3. The van der Waals surface area contributed by atoms with Crippen molar-refractivity contribution in [1.29, 1.82) is 0 Å². The first-order chi connectivity index (χ1) is 11.6. The van der Waals surface area contributed by atoms with Crippen molar-refractivity contribution in [3.63, 3.8) is 0 Å². The number of aliphatic hydroxyl groups is 1. The number of nitrogens with one attached hydrogen (secondary N) is 1. The number of benzene rings is 1. The number of rotatable bonds is 4. The summed E-state index contributed by atoms with van der Waals surface area (Å²) >= 11 is 0. The second-order valence-electron chi connectivity index (χ2n) is 6.32. The Morgan fingerprint density at radius 1 is 1.12 bits per heavy atom. The topological polar surface area (TPSA) is 73.4 Å². The number of nitrogens with zero attached hydrogens (tertiary/aromatic N) is 1. The van der Waals surface area contributed by atoms with Crippen LogP contribution in [0.2, 0.25) is 0 Å². The van der Waals surface area contributed by atoms with Gasteiger partial charge in [-0.25, -0.2) is 0 Å². The van der Waals surface area contributed by atoms with Gasteiger partial charge < -0.3 is 15.0 Å². The average Bonchev–Trinajstić information content (AvgIpc) is 2.62. The molecule has 0 aliphatic carbocycles. The summed E-state index contributed by atoms with van der Waals surface area (Å²) in [4.78, 5) is 28.1. The van der Waals surface area contributed by atoms with E-state index in [0.717, 1.165) is 18.4 Å². The maximum Gasteiger partial charge on any atom is 0.270 e. The standard InChI is InChI=1S/C19H22N2O3/c22-17(13-14-5-2-1-3-6-14)15-9-11-21(12-10-15)19(24)16-7-4-8-18(23)20-16/h1-8,15,17,22H,9-13H2,(H,20,23). The molecule has 5 heteroatoms. The highest BCUT2D eigenvalue weighted by Gasteiger charge is 2.28. The molecule has 2 aromatic rings. The van der Waals surface area contributed by atoms with Crippen LogP contribution in [-0.4, -0.2) is 40.1 Å². The van der Waals surface area contributed by atoms with E-state index in [1.165, 1.54) is 6.07 Å². The molecule has 1 atom stereocenters. The summed E-state index contributed by atoms with van der Waals surface area (Å²) in [6.07, 6.45) is 1.81. The third-order valence-electron chi connectivity index (χ3n) is 4.66. The van der Waals surface area contributed by atoms with Crippen molar-refractivity contribution in [1.82, 2.24) is 9.88 Å². The molecule has 1 aliphatic heterocycles. The van der Waals surface area contributed by atoms with Crippen LogP contribution in [0, 0.1) is 5.92 Å². The second kappa shape index (κ2) is 7.45. The first kappa shape index (κ1) is 16.5. The maximum absolute atomic E-state index is 12.4. The number of pyridine rings is 1. The summed E-state index contributed by atoms with van der Waals surface area (Å²) in [7, 11) is 0. The molecule has 3 rings (SSSR count). The Morgan fingerprint density at radius 3 is 2.50 bits per heavy atom. The van der Waals surface area contributed by atoms with Gasteiger partial charge in [-0.05, 0) is 36.8 Å². The normalized spacial score (nSPS) is 16.8. The molecular weight excluding hydrogens is 304 g/mol. The zero-order valence-electron chi connectivity index (χ0n) is 13.5. The lowest BCUT2D eigenvalue weighted by molar-refractivity contribution is 0.0463. The van der Waals surface area contributed by atoms with Crippen LogP contribution in [0.4, 0.5) is 0 Å². The van der Waals surface area contributed by atoms with Crippen molar-refractivity contribution < 1.29 is 9.90 Å². The minimum absolute atomic E-state index is 0.149. The number of carbonyl (C=O) groups excluding carboxylic acids is 1. The summed E-state index contributed by atoms with van der Waals surface area (Å²) in [5, 5.41) is 10.5. The van der Waals surface area contributed by atoms with E-state index in [9.17, 15) is 14.7 Å². The number of carbonyl (C=O) groups is 1. The fraction of sp³-hybridized carbons (Fsp3) is 0.368. The van der Waals surface area contributed by atoms with Gasteiger partial charge in [0.25, 0.3) is 5.91 Å². The average molecular weight is 326 g/mol. The number of amides is 1. The summed E-state index contributed by atoms with van der Waals surface area (Å²) in [5.74, 6) is 0.0489. The van der Waals surface area contributed by atoms with Gasteiger partial charge in [-0.15, -0.1) is 0 Å². The van der Waals surface area contributed by atoms with Crippen molar-refractivity contribution in [3.05, 3.63) is 70.1 Å². The number of hydrogen-bond acceptors (Lipinski definition) is 3. The van der Waals surface area contributed by atoms with Gasteiger partial charge in [0.05, 0.1) is 6.10 Å². The van der Waals surface area contributed by atoms with E-state index in [-0.39, 0.29) is 23.5 Å². The van der Waals surface area contributed by atoms with Crippen molar-refractivity contribution in [2.75, 3.05) is 13.1 Å². The van der Waals surface area contributed by atoms with Crippen molar-refractivity contribution in [2.45, 2.75) is 25.4 Å². The molecule has 0 saturated carbocycles. The molecule has 24 heavy (non-hydrogen) atoms. The molecule has 1 fully saturated rings. The number of likely N-dealkylation sites (tertiary alicyclic amines) is 1. The minimum Gasteiger partial charge on any atom is -0.392 e. The fourth-order valence-electron chi connectivity index (χ4n) is 3.25. The molecule has 0 spiro atoms. The lowest BCUT2D eigenvalue weighted by Gasteiger charge is -2.34. The number of hydrogen-bond donors (Lipinski definition) is 2. The predicted octanol–water partition coefficient (Wildman–Crippen LogP) is 1.83. The number of aliphatic hydroxyl groups excluding tert-OH is 1. The third-order valence-corrected chi connectivity index (χ3v) is 4.66. The largest absolute Gasteiger partial charge is 0.392 e. The maximum atomic E-state index is 12.4. The Hall–Kier alpha value is -2.40. The quantitative estimate of drug-likeness (QED) is 0.900. The molecule has 1 unspecified atom stereocenters. The highest BCUT2D eigenvalue weighted by atomic mass is 16.3. The van der Waals surface area contributed by atoms with E-state index in [1.54, 1.807) is 17.0 Å². The molecule has 1 aliphatic rings. The molecule has 1 saturated heterocycles. The molecule has 1 amide bonds. The number of aromatic nitrogens is 1. The number of piperidine rings is 1. The molecule has 5 nitrogen and oxygen atoms in total. The molecule has 1 aromatic carbocycles. The summed E-state index contributed by atoms with van der Waals surface area (Å²) in [6, 6.07) is 14.6. The molecule has 1 aromatic heterocycles. The van der Waals surface area contributed by atoms with Crippen LogP contribution < -0.4 is 5.56 Å². The first-order valence-corrected chi connectivity index (χ1v) is 8.34. The minimum atomic E-state index is -0.388. The number of aromatic amines is 1. The molecule has 2 heterocycles. The number of H-pyrrole nitrogens is 1. The van der Waals surface area contributed by atoms with E-state index in [2.05, 4.69) is 4.98 Å². The highest BCUT2D eigenvalue weighted by Crippen LogP contribution is 2.23. The van der Waals surface area contributed by atoms with E-state index in [1.807, 2.05) is 30.3 Å². The van der Waals surface area contributed by atoms with E-state index in [4.69, 9.17) is 0 Å². The second-order valence-corrected chi connectivity index (χ2v) is 6.32. The van der Waals surface area contributed by atoms with Crippen molar-refractivity contribution >= 4 is 5.91 Å². The lowest BCUT2D eigenvalue weighted by atomic mass is 9.88. The molecule has 2 N–H and O–H groups in total. The van der Waals surface area contributed by atoms with Crippen molar-refractivity contribution in [3.8, 4) is 0 Å². The highest BCUT2D eigenvalue weighted by molar-refractivity contribution is 5.92. The Morgan fingerprint density at radius 2 is 1.83 bits per heavy atom. The lowest BCUT2D eigenvalue weighted by Crippen LogP contribution is -2.42. The SMILES string of the molecule is O=C(c1cccc(=O)[nH]1)N1CCC(C(O)Cc2ccccc2)CC1. The van der Waals surface area contributed by atoms with Gasteiger partial charge in [0.2, 0.25) is 5.56 Å². The Balaban J connectivity index is 1.55.